The molecule has 0 saturated heterocycles. The zero-order valence-electron chi connectivity index (χ0n) is 10.0. The fraction of sp³-hybridized carbons (Fsp3) is 0.0769. The SMILES string of the molecule is COc1cccc(OS(=O)(=O)c2ccc(Br)cc2)c1. The van der Waals surface area contributed by atoms with Gasteiger partial charge in [0.2, 0.25) is 0 Å². The third-order valence-corrected chi connectivity index (χ3v) is 4.14. The number of hydrogen-bond acceptors (Lipinski definition) is 4. The molecule has 0 radical (unpaired) electrons. The molecule has 0 fully saturated rings. The minimum atomic E-state index is -3.83. The van der Waals surface area contributed by atoms with Crippen molar-refractivity contribution >= 4 is 26.0 Å². The highest BCUT2D eigenvalue weighted by atomic mass is 79.9. The van der Waals surface area contributed by atoms with E-state index in [0.717, 1.165) is 4.47 Å². The third kappa shape index (κ3) is 3.48. The number of benzene rings is 2. The van der Waals surface area contributed by atoms with Crippen LogP contribution in [0.25, 0.3) is 0 Å². The lowest BCUT2D eigenvalue weighted by molar-refractivity contribution is 0.411. The Morgan fingerprint density at radius 1 is 1.00 bits per heavy atom. The maximum Gasteiger partial charge on any atom is 0.339 e. The van der Waals surface area contributed by atoms with Crippen LogP contribution in [0.1, 0.15) is 0 Å². The van der Waals surface area contributed by atoms with Crippen LogP contribution < -0.4 is 8.92 Å². The average molecular weight is 343 g/mol. The van der Waals surface area contributed by atoms with Gasteiger partial charge in [0.05, 0.1) is 7.11 Å². The van der Waals surface area contributed by atoms with Gasteiger partial charge in [0.25, 0.3) is 0 Å². The van der Waals surface area contributed by atoms with Gasteiger partial charge in [-0.1, -0.05) is 22.0 Å². The van der Waals surface area contributed by atoms with Crippen molar-refractivity contribution in [2.24, 2.45) is 0 Å². The summed E-state index contributed by atoms with van der Waals surface area (Å²) in [6.45, 7) is 0. The molecule has 2 aromatic carbocycles. The smallest absolute Gasteiger partial charge is 0.339 e. The molecule has 100 valence electrons. The molecule has 0 saturated carbocycles. The molecule has 19 heavy (non-hydrogen) atoms. The fourth-order valence-electron chi connectivity index (χ4n) is 1.43. The lowest BCUT2D eigenvalue weighted by Crippen LogP contribution is -2.09. The lowest BCUT2D eigenvalue weighted by atomic mass is 10.3. The van der Waals surface area contributed by atoms with Crippen molar-refractivity contribution < 1.29 is 17.3 Å². The molecule has 0 bridgehead atoms. The maximum absolute atomic E-state index is 12.0. The predicted molar refractivity (Wildman–Crippen MR) is 74.9 cm³/mol. The number of methoxy groups -OCH3 is 1. The molecule has 0 atom stereocenters. The van der Waals surface area contributed by atoms with Crippen LogP contribution in [0.3, 0.4) is 0 Å². The normalized spacial score (nSPS) is 11.1. The summed E-state index contributed by atoms with van der Waals surface area (Å²) >= 11 is 3.25. The molecule has 0 unspecified atom stereocenters. The molecule has 0 aliphatic rings. The zero-order chi connectivity index (χ0) is 13.9. The molecular weight excluding hydrogens is 332 g/mol. The number of rotatable bonds is 4. The first-order valence-electron chi connectivity index (χ1n) is 5.35. The molecule has 0 aliphatic heterocycles. The molecule has 0 heterocycles. The molecule has 2 rings (SSSR count). The van der Waals surface area contributed by atoms with E-state index in [1.54, 1.807) is 30.3 Å². The van der Waals surface area contributed by atoms with Gasteiger partial charge in [0.1, 0.15) is 16.4 Å². The summed E-state index contributed by atoms with van der Waals surface area (Å²) in [5, 5.41) is 0. The highest BCUT2D eigenvalue weighted by Crippen LogP contribution is 2.23. The van der Waals surface area contributed by atoms with Gasteiger partial charge in [-0.3, -0.25) is 0 Å². The van der Waals surface area contributed by atoms with Gasteiger partial charge >= 0.3 is 10.1 Å². The van der Waals surface area contributed by atoms with Gasteiger partial charge < -0.3 is 8.92 Å². The highest BCUT2D eigenvalue weighted by Gasteiger charge is 2.16. The van der Waals surface area contributed by atoms with Crippen LogP contribution in [0.5, 0.6) is 11.5 Å². The Bertz CT molecular complexity index is 665. The Balaban J connectivity index is 2.28. The Morgan fingerprint density at radius 3 is 2.26 bits per heavy atom. The molecule has 2 aromatic rings. The summed E-state index contributed by atoms with van der Waals surface area (Å²) in [6, 6.07) is 12.7. The largest absolute Gasteiger partial charge is 0.497 e. The summed E-state index contributed by atoms with van der Waals surface area (Å²) in [5.74, 6) is 0.741. The van der Waals surface area contributed by atoms with Crippen molar-refractivity contribution in [3.05, 3.63) is 53.0 Å². The fourth-order valence-corrected chi connectivity index (χ4v) is 2.62. The van der Waals surface area contributed by atoms with Crippen LogP contribution in [0.4, 0.5) is 0 Å². The van der Waals surface area contributed by atoms with Crippen molar-refractivity contribution in [2.45, 2.75) is 4.90 Å². The molecule has 0 aliphatic carbocycles. The summed E-state index contributed by atoms with van der Waals surface area (Å²) in [5.41, 5.74) is 0. The molecule has 6 heteroatoms. The van der Waals surface area contributed by atoms with Gasteiger partial charge in [0.15, 0.2) is 0 Å². The Labute approximate surface area is 120 Å². The third-order valence-electron chi connectivity index (χ3n) is 2.35. The van der Waals surface area contributed by atoms with Crippen molar-refractivity contribution in [1.82, 2.24) is 0 Å². The number of ether oxygens (including phenoxy) is 1. The number of halogens is 1. The van der Waals surface area contributed by atoms with E-state index in [1.165, 1.54) is 25.3 Å². The van der Waals surface area contributed by atoms with Gasteiger partial charge in [-0.15, -0.1) is 0 Å². The molecular formula is C13H11BrO4S. The lowest BCUT2D eigenvalue weighted by Gasteiger charge is -2.08. The first-order chi connectivity index (χ1) is 9.01. The summed E-state index contributed by atoms with van der Waals surface area (Å²) in [6.07, 6.45) is 0. The number of hydrogen-bond donors (Lipinski definition) is 0. The van der Waals surface area contributed by atoms with Crippen LogP contribution >= 0.6 is 15.9 Å². The van der Waals surface area contributed by atoms with Gasteiger partial charge in [-0.2, -0.15) is 8.42 Å². The molecule has 4 nitrogen and oxygen atoms in total. The molecule has 0 spiro atoms. The Morgan fingerprint density at radius 2 is 1.63 bits per heavy atom. The van der Waals surface area contributed by atoms with E-state index in [0.29, 0.717) is 5.75 Å². The zero-order valence-corrected chi connectivity index (χ0v) is 12.4. The van der Waals surface area contributed by atoms with Gasteiger partial charge in [0, 0.05) is 10.5 Å². The second-order valence-electron chi connectivity index (χ2n) is 3.67. The van der Waals surface area contributed by atoms with Crippen LogP contribution in [0, 0.1) is 0 Å². The van der Waals surface area contributed by atoms with Crippen LogP contribution in [-0.4, -0.2) is 15.5 Å². The van der Waals surface area contributed by atoms with Gasteiger partial charge in [-0.05, 0) is 36.4 Å². The molecule has 0 aromatic heterocycles. The summed E-state index contributed by atoms with van der Waals surface area (Å²) in [4.78, 5) is 0.0959. The van der Waals surface area contributed by atoms with E-state index in [4.69, 9.17) is 8.92 Å². The minimum absolute atomic E-state index is 0.0959. The first-order valence-corrected chi connectivity index (χ1v) is 7.55. The quantitative estimate of drug-likeness (QED) is 0.800. The summed E-state index contributed by atoms with van der Waals surface area (Å²) < 4.78 is 34.9. The van der Waals surface area contributed by atoms with E-state index in [2.05, 4.69) is 15.9 Å². The second-order valence-corrected chi connectivity index (χ2v) is 6.13. The standard InChI is InChI=1S/C13H11BrO4S/c1-17-11-3-2-4-12(9-11)18-19(15,16)13-7-5-10(14)6-8-13/h2-9H,1H3. The second kappa shape index (κ2) is 5.63. The minimum Gasteiger partial charge on any atom is -0.497 e. The first kappa shape index (κ1) is 13.9. The highest BCUT2D eigenvalue weighted by molar-refractivity contribution is 9.10. The van der Waals surface area contributed by atoms with E-state index in [1.807, 2.05) is 0 Å². The summed E-state index contributed by atoms with van der Waals surface area (Å²) in [7, 11) is -2.33. The molecule has 0 amide bonds. The van der Waals surface area contributed by atoms with Crippen molar-refractivity contribution in [2.75, 3.05) is 7.11 Å². The van der Waals surface area contributed by atoms with Crippen molar-refractivity contribution in [3.63, 3.8) is 0 Å². The van der Waals surface area contributed by atoms with Crippen LogP contribution in [0.15, 0.2) is 57.9 Å². The maximum atomic E-state index is 12.0. The van der Waals surface area contributed by atoms with Crippen LogP contribution in [0.2, 0.25) is 0 Å². The van der Waals surface area contributed by atoms with E-state index >= 15 is 0 Å². The average Bonchev–Trinajstić information content (AvgIpc) is 2.39. The van der Waals surface area contributed by atoms with E-state index in [-0.39, 0.29) is 10.6 Å². The van der Waals surface area contributed by atoms with Crippen molar-refractivity contribution in [3.8, 4) is 11.5 Å². The Kier molecular flexibility index (Phi) is 4.11. The Hall–Kier alpha value is -1.53. The predicted octanol–water partition coefficient (Wildman–Crippen LogP) is 3.23. The van der Waals surface area contributed by atoms with Crippen LogP contribution in [-0.2, 0) is 10.1 Å². The van der Waals surface area contributed by atoms with Gasteiger partial charge in [-0.25, -0.2) is 0 Å². The molecule has 0 N–H and O–H groups in total. The topological polar surface area (TPSA) is 52.6 Å². The van der Waals surface area contributed by atoms with Crippen molar-refractivity contribution in [1.29, 1.82) is 0 Å². The monoisotopic (exact) mass is 342 g/mol. The van der Waals surface area contributed by atoms with E-state index < -0.39 is 10.1 Å². The van der Waals surface area contributed by atoms with E-state index in [9.17, 15) is 8.42 Å².